The molecule has 0 heterocycles. The van der Waals surface area contributed by atoms with Crippen molar-refractivity contribution in [3.63, 3.8) is 0 Å². The fraction of sp³-hybridized carbons (Fsp3) is 0.478. The van der Waals surface area contributed by atoms with Crippen molar-refractivity contribution in [3.05, 3.63) is 42.0 Å². The van der Waals surface area contributed by atoms with E-state index in [1.54, 1.807) is 0 Å². The molecule has 0 aromatic heterocycles. The average molecular weight is 468 g/mol. The Kier molecular flexibility index (Phi) is 13.8. The Morgan fingerprint density at radius 2 is 1.52 bits per heavy atom. The molecule has 0 unspecified atom stereocenters. The van der Waals surface area contributed by atoms with E-state index in [0.29, 0.717) is 37.5 Å². The molecule has 1 aromatic carbocycles. The van der Waals surface area contributed by atoms with Crippen LogP contribution in [0.4, 0.5) is 0 Å². The van der Waals surface area contributed by atoms with Gasteiger partial charge in [-0.05, 0) is 38.5 Å². The van der Waals surface area contributed by atoms with E-state index in [0.717, 1.165) is 5.56 Å². The van der Waals surface area contributed by atoms with Crippen LogP contribution in [-0.4, -0.2) is 65.5 Å². The Morgan fingerprint density at radius 3 is 1.94 bits per heavy atom. The van der Waals surface area contributed by atoms with Gasteiger partial charge in [0, 0.05) is 44.5 Å². The number of rotatable bonds is 11. The van der Waals surface area contributed by atoms with Gasteiger partial charge in [0.25, 0.3) is 0 Å². The molecule has 0 saturated heterocycles. The Labute approximate surface area is 193 Å². The van der Waals surface area contributed by atoms with E-state index in [4.69, 9.17) is 24.4 Å². The molecular weight excluding hydrogens is 434 g/mol. The molecule has 0 aliphatic rings. The van der Waals surface area contributed by atoms with Crippen LogP contribution in [0.2, 0.25) is 0 Å². The zero-order chi connectivity index (χ0) is 25.4. The standard InChI is InChI=1S/C19H29NO5.C4H4O4/c1-14(21)23-11-10-16-6-8-17(9-7-16)24-13-18(25-15(2)22)12-20-19(3,4)5;5-3(6)1-2-4(7)8/h6-9,18,20H,10-13H2,1-5H3;1-2H,(H,5,6)(H,7,8)/b;2-1-/t18-;/m0./s1. The van der Waals surface area contributed by atoms with E-state index in [1.165, 1.54) is 13.8 Å². The molecule has 0 aliphatic carbocycles. The van der Waals surface area contributed by atoms with Gasteiger partial charge in [-0.1, -0.05) is 12.1 Å². The summed E-state index contributed by atoms with van der Waals surface area (Å²) in [4.78, 5) is 41.1. The number of aliphatic carboxylic acids is 2. The molecule has 10 nitrogen and oxygen atoms in total. The summed E-state index contributed by atoms with van der Waals surface area (Å²) in [5.41, 5.74) is 0.988. The summed E-state index contributed by atoms with van der Waals surface area (Å²) in [5.74, 6) is -2.42. The predicted molar refractivity (Wildman–Crippen MR) is 120 cm³/mol. The molecule has 10 heteroatoms. The zero-order valence-electron chi connectivity index (χ0n) is 19.6. The van der Waals surface area contributed by atoms with Crippen molar-refractivity contribution in [2.45, 2.75) is 52.7 Å². The van der Waals surface area contributed by atoms with Crippen LogP contribution in [0.25, 0.3) is 0 Å². The Balaban J connectivity index is 0.00000109. The summed E-state index contributed by atoms with van der Waals surface area (Å²) in [6, 6.07) is 7.55. The van der Waals surface area contributed by atoms with Crippen LogP contribution in [0.5, 0.6) is 5.75 Å². The molecule has 0 fully saturated rings. The van der Waals surface area contributed by atoms with Gasteiger partial charge in [0.15, 0.2) is 0 Å². The minimum atomic E-state index is -1.26. The van der Waals surface area contributed by atoms with Crippen molar-refractivity contribution in [2.75, 3.05) is 19.8 Å². The van der Waals surface area contributed by atoms with E-state index in [1.807, 2.05) is 45.0 Å². The van der Waals surface area contributed by atoms with Crippen LogP contribution in [0.1, 0.15) is 40.2 Å². The zero-order valence-corrected chi connectivity index (χ0v) is 19.6. The molecule has 184 valence electrons. The molecule has 0 saturated carbocycles. The van der Waals surface area contributed by atoms with Gasteiger partial charge < -0.3 is 29.7 Å². The monoisotopic (exact) mass is 467 g/mol. The van der Waals surface area contributed by atoms with Gasteiger partial charge in [0.05, 0.1) is 6.61 Å². The number of carboxylic acids is 2. The highest BCUT2D eigenvalue weighted by molar-refractivity contribution is 5.89. The summed E-state index contributed by atoms with van der Waals surface area (Å²) in [7, 11) is 0. The first kappa shape index (κ1) is 29.6. The van der Waals surface area contributed by atoms with E-state index in [-0.39, 0.29) is 30.2 Å². The van der Waals surface area contributed by atoms with Crippen LogP contribution < -0.4 is 10.1 Å². The third-order valence-corrected chi connectivity index (χ3v) is 3.62. The van der Waals surface area contributed by atoms with Crippen LogP contribution in [0, 0.1) is 0 Å². The van der Waals surface area contributed by atoms with Gasteiger partial charge in [-0.3, -0.25) is 9.59 Å². The number of esters is 2. The lowest BCUT2D eigenvalue weighted by Crippen LogP contribution is -2.44. The van der Waals surface area contributed by atoms with Gasteiger partial charge >= 0.3 is 23.9 Å². The van der Waals surface area contributed by atoms with Crippen LogP contribution in [-0.2, 0) is 35.1 Å². The fourth-order valence-electron chi connectivity index (χ4n) is 2.19. The third-order valence-electron chi connectivity index (χ3n) is 3.62. The number of ether oxygens (including phenoxy) is 3. The van der Waals surface area contributed by atoms with Crippen molar-refractivity contribution >= 4 is 23.9 Å². The smallest absolute Gasteiger partial charge is 0.328 e. The summed E-state index contributed by atoms with van der Waals surface area (Å²) in [5, 5.41) is 18.9. The minimum absolute atomic E-state index is 0.0675. The quantitative estimate of drug-likeness (QED) is 0.327. The second-order valence-corrected chi connectivity index (χ2v) is 7.92. The number of hydrogen-bond donors (Lipinski definition) is 3. The van der Waals surface area contributed by atoms with E-state index >= 15 is 0 Å². The van der Waals surface area contributed by atoms with Crippen molar-refractivity contribution in [3.8, 4) is 5.75 Å². The van der Waals surface area contributed by atoms with Crippen molar-refractivity contribution in [1.29, 1.82) is 0 Å². The Hall–Kier alpha value is -3.40. The normalized spacial score (nSPS) is 11.7. The van der Waals surface area contributed by atoms with Gasteiger partial charge in [-0.25, -0.2) is 9.59 Å². The average Bonchev–Trinajstić information content (AvgIpc) is 2.69. The molecular formula is C23H33NO9. The lowest BCUT2D eigenvalue weighted by molar-refractivity contribution is -0.147. The van der Waals surface area contributed by atoms with E-state index in [9.17, 15) is 19.2 Å². The first-order valence-electron chi connectivity index (χ1n) is 10.2. The highest BCUT2D eigenvalue weighted by Crippen LogP contribution is 2.14. The second kappa shape index (κ2) is 15.4. The van der Waals surface area contributed by atoms with Crippen molar-refractivity contribution in [2.24, 2.45) is 0 Å². The first-order valence-corrected chi connectivity index (χ1v) is 10.2. The molecule has 0 aliphatic heterocycles. The third kappa shape index (κ3) is 19.0. The topological polar surface area (TPSA) is 148 Å². The molecule has 0 radical (unpaired) electrons. The van der Waals surface area contributed by atoms with Crippen molar-refractivity contribution in [1.82, 2.24) is 5.32 Å². The Morgan fingerprint density at radius 1 is 0.970 bits per heavy atom. The van der Waals surface area contributed by atoms with E-state index in [2.05, 4.69) is 5.32 Å². The molecule has 33 heavy (non-hydrogen) atoms. The SMILES string of the molecule is CC(=O)OCCc1ccc(OC[C@H](CNC(C)(C)C)OC(C)=O)cc1.O=C(O)/C=C\C(=O)O. The highest BCUT2D eigenvalue weighted by atomic mass is 16.6. The largest absolute Gasteiger partial charge is 0.490 e. The molecule has 3 N–H and O–H groups in total. The first-order chi connectivity index (χ1) is 15.3. The number of hydrogen-bond acceptors (Lipinski definition) is 8. The maximum Gasteiger partial charge on any atom is 0.328 e. The lowest BCUT2D eigenvalue weighted by atomic mass is 10.1. The summed E-state index contributed by atoms with van der Waals surface area (Å²) in [6.07, 6.45) is 1.41. The maximum absolute atomic E-state index is 11.2. The van der Waals surface area contributed by atoms with Gasteiger partial charge in [0.1, 0.15) is 18.5 Å². The fourth-order valence-corrected chi connectivity index (χ4v) is 2.19. The van der Waals surface area contributed by atoms with Gasteiger partial charge in [0.2, 0.25) is 0 Å². The number of nitrogens with one attached hydrogen (secondary N) is 1. The number of benzene rings is 1. The lowest BCUT2D eigenvalue weighted by Gasteiger charge is -2.25. The highest BCUT2D eigenvalue weighted by Gasteiger charge is 2.17. The number of carbonyl (C=O) groups is 4. The van der Waals surface area contributed by atoms with E-state index < -0.39 is 11.9 Å². The molecule has 0 spiro atoms. The van der Waals surface area contributed by atoms with Crippen LogP contribution >= 0.6 is 0 Å². The molecule has 0 amide bonds. The molecule has 1 atom stereocenters. The minimum Gasteiger partial charge on any atom is -0.490 e. The van der Waals surface area contributed by atoms with Gasteiger partial charge in [-0.15, -0.1) is 0 Å². The maximum atomic E-state index is 11.2. The molecule has 1 rings (SSSR count). The van der Waals surface area contributed by atoms with Crippen molar-refractivity contribution < 1.29 is 43.6 Å². The predicted octanol–water partition coefficient (Wildman–Crippen LogP) is 2.20. The summed E-state index contributed by atoms with van der Waals surface area (Å²) < 4.78 is 15.9. The van der Waals surface area contributed by atoms with Crippen LogP contribution in [0.15, 0.2) is 36.4 Å². The number of carbonyl (C=O) groups excluding carboxylic acids is 2. The Bertz CT molecular complexity index is 779. The van der Waals surface area contributed by atoms with Gasteiger partial charge in [-0.2, -0.15) is 0 Å². The number of carboxylic acid groups (broad SMARTS) is 2. The second-order valence-electron chi connectivity index (χ2n) is 7.92. The molecule has 0 bridgehead atoms. The van der Waals surface area contributed by atoms with Crippen LogP contribution in [0.3, 0.4) is 0 Å². The molecule has 1 aromatic rings. The summed E-state index contributed by atoms with van der Waals surface area (Å²) in [6.45, 7) is 10.1. The summed E-state index contributed by atoms with van der Waals surface area (Å²) >= 11 is 0.